The van der Waals surface area contributed by atoms with E-state index in [9.17, 15) is 9.59 Å². The second-order valence-electron chi connectivity index (χ2n) is 8.29. The van der Waals surface area contributed by atoms with Gasteiger partial charge in [-0.25, -0.2) is 0 Å². The molecule has 0 radical (unpaired) electrons. The number of carbonyl (C=O) groups is 2. The summed E-state index contributed by atoms with van der Waals surface area (Å²) in [5.41, 5.74) is 16.5. The maximum Gasteiger partial charge on any atom is 0.251 e. The smallest absolute Gasteiger partial charge is 0.251 e. The number of carbonyl (C=O) groups excluding carboxylic acids is 2. The Bertz CT molecular complexity index is 1110. The SMILES string of the molecule is CC(=O)N1c2ccc(-c3ccc(C(=O)NCCN)cc3)cc2CC[C@@H]1C.Nc1ccc(Cl)cc1. The van der Waals surface area contributed by atoms with Crippen LogP contribution in [0, 0.1) is 0 Å². The van der Waals surface area contributed by atoms with Crippen LogP contribution in [0.3, 0.4) is 0 Å². The van der Waals surface area contributed by atoms with Crippen molar-refractivity contribution in [3.63, 3.8) is 0 Å². The Morgan fingerprint density at radius 1 is 1.03 bits per heavy atom. The van der Waals surface area contributed by atoms with Gasteiger partial charge in [-0.1, -0.05) is 29.8 Å². The highest BCUT2D eigenvalue weighted by Crippen LogP contribution is 2.34. The molecule has 0 saturated carbocycles. The molecule has 0 unspecified atom stereocenters. The van der Waals surface area contributed by atoms with Gasteiger partial charge in [-0.3, -0.25) is 9.59 Å². The Kier molecular flexibility index (Phi) is 8.68. The minimum Gasteiger partial charge on any atom is -0.399 e. The summed E-state index contributed by atoms with van der Waals surface area (Å²) < 4.78 is 0. The van der Waals surface area contributed by atoms with Gasteiger partial charge in [-0.05, 0) is 85.0 Å². The summed E-state index contributed by atoms with van der Waals surface area (Å²) in [5.74, 6) is -0.0300. The van der Waals surface area contributed by atoms with Crippen LogP contribution in [-0.4, -0.2) is 30.9 Å². The molecular weight excluding hydrogens is 448 g/mol. The van der Waals surface area contributed by atoms with Gasteiger partial charge < -0.3 is 21.7 Å². The van der Waals surface area contributed by atoms with Crippen molar-refractivity contribution in [2.24, 2.45) is 5.73 Å². The number of nitrogens with one attached hydrogen (secondary N) is 1. The maximum absolute atomic E-state index is 12.0. The van der Waals surface area contributed by atoms with Gasteiger partial charge in [0.25, 0.3) is 5.91 Å². The van der Waals surface area contributed by atoms with Crippen LogP contribution in [-0.2, 0) is 11.2 Å². The number of amides is 2. The molecule has 1 heterocycles. The van der Waals surface area contributed by atoms with Crippen LogP contribution in [0.2, 0.25) is 5.02 Å². The molecule has 0 bridgehead atoms. The van der Waals surface area contributed by atoms with Gasteiger partial charge in [0.05, 0.1) is 0 Å². The molecule has 0 fully saturated rings. The number of nitrogen functional groups attached to an aromatic ring is 1. The fraction of sp³-hybridized carbons (Fsp3) is 0.259. The molecule has 7 heteroatoms. The fourth-order valence-electron chi connectivity index (χ4n) is 3.98. The summed E-state index contributed by atoms with van der Waals surface area (Å²) in [5, 5.41) is 3.49. The first kappa shape index (κ1) is 25.3. The van der Waals surface area contributed by atoms with Gasteiger partial charge in [-0.15, -0.1) is 0 Å². The third-order valence-corrected chi connectivity index (χ3v) is 5.98. The van der Waals surface area contributed by atoms with Crippen LogP contribution < -0.4 is 21.7 Å². The summed E-state index contributed by atoms with van der Waals surface area (Å²) in [6.45, 7) is 4.60. The molecule has 34 heavy (non-hydrogen) atoms. The third kappa shape index (κ3) is 6.37. The average Bonchev–Trinajstić information content (AvgIpc) is 2.84. The number of aryl methyl sites for hydroxylation is 1. The van der Waals surface area contributed by atoms with Gasteiger partial charge >= 0.3 is 0 Å². The molecule has 4 rings (SSSR count). The molecule has 3 aromatic rings. The molecule has 6 nitrogen and oxygen atoms in total. The zero-order chi connectivity index (χ0) is 24.7. The summed E-state index contributed by atoms with van der Waals surface area (Å²) >= 11 is 5.56. The molecule has 178 valence electrons. The zero-order valence-corrected chi connectivity index (χ0v) is 20.3. The topological polar surface area (TPSA) is 101 Å². The monoisotopic (exact) mass is 478 g/mol. The van der Waals surface area contributed by atoms with Gasteiger partial charge in [-0.2, -0.15) is 0 Å². The van der Waals surface area contributed by atoms with Crippen molar-refractivity contribution >= 4 is 34.8 Å². The van der Waals surface area contributed by atoms with E-state index in [0.29, 0.717) is 18.7 Å². The highest BCUT2D eigenvalue weighted by Gasteiger charge is 2.26. The van der Waals surface area contributed by atoms with Crippen molar-refractivity contribution in [3.8, 4) is 11.1 Å². The molecule has 3 aromatic carbocycles. The van der Waals surface area contributed by atoms with Crippen LogP contribution >= 0.6 is 11.6 Å². The lowest BCUT2D eigenvalue weighted by Gasteiger charge is -2.34. The van der Waals surface area contributed by atoms with Gasteiger partial charge in [0.1, 0.15) is 0 Å². The van der Waals surface area contributed by atoms with Crippen molar-refractivity contribution in [2.75, 3.05) is 23.7 Å². The molecule has 0 saturated heterocycles. The third-order valence-electron chi connectivity index (χ3n) is 5.73. The average molecular weight is 479 g/mol. The minimum atomic E-state index is -0.112. The molecule has 0 spiro atoms. The largest absolute Gasteiger partial charge is 0.399 e. The predicted octanol–water partition coefficient (Wildman–Crippen LogP) is 4.65. The van der Waals surface area contributed by atoms with E-state index in [1.165, 1.54) is 5.56 Å². The summed E-state index contributed by atoms with van der Waals surface area (Å²) in [7, 11) is 0. The Labute approximate surface area is 205 Å². The van der Waals surface area contributed by atoms with Crippen LogP contribution in [0.5, 0.6) is 0 Å². The Morgan fingerprint density at radius 2 is 1.68 bits per heavy atom. The number of fused-ring (bicyclic) bond motifs is 1. The molecule has 1 aliphatic heterocycles. The number of hydrogen-bond acceptors (Lipinski definition) is 4. The predicted molar refractivity (Wildman–Crippen MR) is 140 cm³/mol. The molecule has 1 aliphatic rings. The van der Waals surface area contributed by atoms with Gasteiger partial charge in [0.15, 0.2) is 0 Å². The zero-order valence-electron chi connectivity index (χ0n) is 19.6. The molecule has 0 aromatic heterocycles. The number of rotatable bonds is 4. The first-order chi connectivity index (χ1) is 16.3. The number of anilines is 2. The standard InChI is InChI=1S/C21H25N3O2.C6H6ClN/c1-14-3-4-19-13-18(9-10-20(19)24(14)15(2)25)16-5-7-17(8-6-16)21(26)23-12-11-22;7-5-1-3-6(8)4-2-5/h5-10,13-14H,3-4,11-12,22H2,1-2H3,(H,23,26);1-4H,8H2/t14-;/m0./s1. The fourth-order valence-corrected chi connectivity index (χ4v) is 4.10. The van der Waals surface area contributed by atoms with E-state index in [1.54, 1.807) is 31.2 Å². The molecular formula is C27H31ClN4O2. The normalized spacial score (nSPS) is 14.5. The number of benzene rings is 3. The van der Waals surface area contributed by atoms with Crippen LogP contribution in [0.15, 0.2) is 66.7 Å². The van der Waals surface area contributed by atoms with Crippen LogP contribution in [0.1, 0.15) is 36.2 Å². The number of nitrogens with zero attached hydrogens (tertiary/aromatic N) is 1. The van der Waals surface area contributed by atoms with E-state index in [-0.39, 0.29) is 17.9 Å². The van der Waals surface area contributed by atoms with Crippen molar-refractivity contribution in [1.82, 2.24) is 5.32 Å². The second kappa shape index (κ2) is 11.7. The van der Waals surface area contributed by atoms with E-state index in [4.69, 9.17) is 23.1 Å². The first-order valence-electron chi connectivity index (χ1n) is 11.3. The number of nitrogens with two attached hydrogens (primary N) is 2. The van der Waals surface area contributed by atoms with Crippen LogP contribution in [0.25, 0.3) is 11.1 Å². The van der Waals surface area contributed by atoms with Crippen molar-refractivity contribution in [2.45, 2.75) is 32.7 Å². The van der Waals surface area contributed by atoms with E-state index in [2.05, 4.69) is 18.3 Å². The number of halogens is 1. The number of hydrogen-bond donors (Lipinski definition) is 3. The molecule has 5 N–H and O–H groups in total. The lowest BCUT2D eigenvalue weighted by atomic mass is 9.93. The first-order valence-corrected chi connectivity index (χ1v) is 11.7. The quantitative estimate of drug-likeness (QED) is 0.475. The molecule has 0 aliphatic carbocycles. The summed E-state index contributed by atoms with van der Waals surface area (Å²) in [6, 6.07) is 21.1. The Morgan fingerprint density at radius 3 is 2.26 bits per heavy atom. The van der Waals surface area contributed by atoms with Crippen molar-refractivity contribution in [1.29, 1.82) is 0 Å². The van der Waals surface area contributed by atoms with Gasteiger partial charge in [0.2, 0.25) is 5.91 Å². The lowest BCUT2D eigenvalue weighted by molar-refractivity contribution is -0.117. The second-order valence-corrected chi connectivity index (χ2v) is 8.73. The Balaban J connectivity index is 0.000000343. The van der Waals surface area contributed by atoms with Crippen molar-refractivity contribution < 1.29 is 9.59 Å². The molecule has 2 amide bonds. The highest BCUT2D eigenvalue weighted by atomic mass is 35.5. The van der Waals surface area contributed by atoms with E-state index < -0.39 is 0 Å². The summed E-state index contributed by atoms with van der Waals surface area (Å²) in [6.07, 6.45) is 1.93. The maximum atomic E-state index is 12.0. The van der Waals surface area contributed by atoms with E-state index in [0.717, 1.165) is 40.4 Å². The summed E-state index contributed by atoms with van der Waals surface area (Å²) in [4.78, 5) is 25.8. The van der Waals surface area contributed by atoms with E-state index >= 15 is 0 Å². The minimum absolute atomic E-state index is 0.0824. The van der Waals surface area contributed by atoms with Crippen LogP contribution in [0.4, 0.5) is 11.4 Å². The Hall–Kier alpha value is -3.35. The highest BCUT2D eigenvalue weighted by molar-refractivity contribution is 6.30. The van der Waals surface area contributed by atoms with E-state index in [1.807, 2.05) is 41.3 Å². The van der Waals surface area contributed by atoms with Gasteiger partial charge in [0, 0.05) is 48.0 Å². The lowest BCUT2D eigenvalue weighted by Crippen LogP contribution is -2.40. The van der Waals surface area contributed by atoms with Crippen molar-refractivity contribution in [3.05, 3.63) is 82.9 Å². The molecule has 1 atom stereocenters.